The smallest absolute Gasteiger partial charge is 0.390 e. The predicted molar refractivity (Wildman–Crippen MR) is 430 cm³/mol. The van der Waals surface area contributed by atoms with Crippen LogP contribution in [0, 0.1) is 0 Å². The van der Waals surface area contributed by atoms with Gasteiger partial charge in [0.15, 0.2) is 65.2 Å². The Bertz CT molecular complexity index is 5720. The number of carbonyl (C=O) groups is 1. The fraction of sp³-hybridized carbons (Fsp3) is 0.629. The van der Waals surface area contributed by atoms with Gasteiger partial charge < -0.3 is 144 Å². The number of morpholine rings is 2. The first kappa shape index (κ1) is 100. The van der Waals surface area contributed by atoms with Crippen LogP contribution < -0.4 is 44.6 Å². The molecule has 1 amide bonds. The number of hydrogen-bond acceptors (Lipinski definition) is 44. The number of phosphoric ester groups is 1. The largest absolute Gasteiger partial charge is 0.470 e. The minimum absolute atomic E-state index is 0.0591. The van der Waals surface area contributed by atoms with Crippen molar-refractivity contribution in [1.82, 2.24) is 92.3 Å². The van der Waals surface area contributed by atoms with Crippen LogP contribution in [-0.4, -0.2) is 365 Å². The highest BCUT2D eigenvalue weighted by Crippen LogP contribution is 2.51. The molecule has 0 spiro atoms. The zero-order chi connectivity index (χ0) is 93.9. The monoisotopic (exact) mass is 1960 g/mol. The third-order valence-corrected chi connectivity index (χ3v) is 25.8. The molecule has 10 unspecified atom stereocenters. The number of nitrogens with two attached hydrogens (primary N) is 3. The van der Waals surface area contributed by atoms with Crippen LogP contribution in [0.5, 0.6) is 0 Å². The standard InChI is InChI=1S/C14H23N6O8P.C13H19N4O6P.C13H20N3O9P.C11H17N5O9P2.C11H16N5O6P/c15-14-17-11-8(12(23)18-14)16-6-20(11)13-10(22)9(21)7(28-13)5-27-29(24,25)19-1-3-26-4-2-19;1-3-7-9-12(15-5-14-7)17(6-16-9)13-11(19)10(18)8(23-13)4-22-24(2,20)21;17-9-1-2-16(13(20)14-9)12-11(19)10(18)8(25-12)7-24-26(21,22)15-3-5-23-6-4-15;1-26(18,19)23-2-5-8(25-27(20,21)22)7(17)11(24-5)16-4-15-6-9(12)13-3-14-10(6)16;1-23(19,20)21-3-6-5(17)2-7(22-6)16-4-13-8-9(16)14-11(12)15-10(8)18/h6-7,9-10,13-14,17,21-22H,1-5,15H2,(H,18,23)(H,24,25);5-6,8,10-11,13,18-19H,3-4H2,1-2H3,(H,20,21);1-2,8,10-12,18-19H,3-7H2,(H,21,22)(H,14,17,20);3-5,7-8,11,17H,2H2,1H3,(H,18,19)(H2,12,13,14)(H2,20,21,22);4-7,17H,2-3H2,1H3,(H,19,20)(H3,12,14,15,18)/t7-,9-,10-,13-,14?;8-,10-,11-,13-;8-,10-,11-,12-;;5-,6+,7+/m110.0/s1. The van der Waals surface area contributed by atoms with Crippen molar-refractivity contribution in [1.29, 1.82) is 0 Å². The number of anilines is 3. The van der Waals surface area contributed by atoms with E-state index in [0.717, 1.165) is 42.5 Å². The SMILES string of the molecule is CCc1ncnc2c1ncn2[C@@H]1O[C@H](COP(C)(=O)O)[C@@H](O)[C@H]1O.CP(=O)(O)OCC1OC(n2cnc3c(N)ncnc32)C(O)C1OP(=O)(O)O.CP(=O)(O)OC[C@H]1O[C@@H](n2cnc3c(=O)[nH]c(N)nc32)C[C@@H]1O.NC1NC(=O)c2ncn([C@@H]3O[C@H](COP(=O)(O)N4CCOCC4)[C@@H](O)[C@H]3O)c2N1.O=c1ccn([C@H]2O[C@@H](COP(=O)(O)N3CCOCC3)[C@H](O)[C@@H]2O)c(=O)[nH]1. The van der Waals surface area contributed by atoms with E-state index in [-0.39, 0.29) is 91.4 Å². The lowest BCUT2D eigenvalue weighted by molar-refractivity contribution is -0.0545. The van der Waals surface area contributed by atoms with Crippen molar-refractivity contribution in [2.24, 2.45) is 5.73 Å². The molecule has 67 heteroatoms. The fourth-order valence-corrected chi connectivity index (χ4v) is 18.1. The number of phosphoric acid groups is 1. The van der Waals surface area contributed by atoms with Crippen LogP contribution in [0.15, 0.2) is 64.6 Å². The van der Waals surface area contributed by atoms with Gasteiger partial charge in [-0.15, -0.1) is 0 Å². The van der Waals surface area contributed by atoms with Gasteiger partial charge in [-0.3, -0.25) is 80.2 Å². The highest BCUT2D eigenvalue weighted by Gasteiger charge is 2.52. The van der Waals surface area contributed by atoms with E-state index >= 15 is 0 Å². The van der Waals surface area contributed by atoms with E-state index in [1.54, 1.807) is 0 Å². The number of ether oxygens (including phenoxy) is 7. The minimum atomic E-state index is -5.01. The van der Waals surface area contributed by atoms with E-state index in [2.05, 4.69) is 65.0 Å². The van der Waals surface area contributed by atoms with Crippen LogP contribution >= 0.6 is 46.1 Å². The number of aliphatic hydroxyl groups excluding tert-OH is 8. The van der Waals surface area contributed by atoms with E-state index in [1.165, 1.54) is 65.6 Å². The molecule has 0 aliphatic carbocycles. The maximum Gasteiger partial charge on any atom is 0.470 e. The number of aliphatic hydroxyl groups is 8. The molecule has 25 atom stereocenters. The summed E-state index contributed by atoms with van der Waals surface area (Å²) in [5.41, 5.74) is 17.7. The van der Waals surface area contributed by atoms with Crippen molar-refractivity contribution in [2.45, 2.75) is 143 Å². The number of amides is 1. The molecule has 0 radical (unpaired) electrons. The summed E-state index contributed by atoms with van der Waals surface area (Å²) >= 11 is 0. The van der Waals surface area contributed by atoms with Gasteiger partial charge in [0, 0.05) is 64.9 Å². The molecule has 0 saturated carbocycles. The molecule has 0 aromatic carbocycles. The lowest BCUT2D eigenvalue weighted by Crippen LogP contribution is -2.51. The molecule has 61 nitrogen and oxygen atoms in total. The first-order valence-electron chi connectivity index (χ1n) is 38.5. The number of aromatic amines is 2. The fourth-order valence-electron chi connectivity index (χ4n) is 13.9. The molecule has 7 fully saturated rings. The van der Waals surface area contributed by atoms with E-state index in [4.69, 9.17) is 87.7 Å². The molecule has 8 aliphatic heterocycles. The van der Waals surface area contributed by atoms with Crippen LogP contribution in [0.3, 0.4) is 0 Å². The highest BCUT2D eigenvalue weighted by molar-refractivity contribution is 7.52. The molecule has 16 heterocycles. The Balaban J connectivity index is 0.000000146. The quantitative estimate of drug-likeness (QED) is 0.0236. The lowest BCUT2D eigenvalue weighted by Gasteiger charge is -2.30. The van der Waals surface area contributed by atoms with Gasteiger partial charge in [0.1, 0.15) is 115 Å². The summed E-state index contributed by atoms with van der Waals surface area (Å²) in [4.78, 5) is 153. The Hall–Kier alpha value is -7.65. The number of imidazole rings is 4. The number of nitrogens with zero attached hydrogens (tertiary/aromatic N) is 16. The van der Waals surface area contributed by atoms with Crippen molar-refractivity contribution >= 4 is 103 Å². The number of H-pyrrole nitrogens is 2. The van der Waals surface area contributed by atoms with E-state index in [1.807, 2.05) is 11.9 Å². The summed E-state index contributed by atoms with van der Waals surface area (Å²) in [7, 11) is -24.5. The number of carbonyl (C=O) groups excluding carboxylic acids is 1. The normalized spacial score (nSPS) is 30.8. The Kier molecular flexibility index (Phi) is 32.2. The number of nitrogens with one attached hydrogen (secondary N) is 4. The van der Waals surface area contributed by atoms with Gasteiger partial charge in [0.2, 0.25) is 5.95 Å². The molecule has 7 saturated heterocycles. The maximum atomic E-state index is 12.4. The molecule has 25 N–H and O–H groups in total. The second kappa shape index (κ2) is 41.5. The van der Waals surface area contributed by atoms with Gasteiger partial charge >= 0.3 is 51.8 Å². The van der Waals surface area contributed by atoms with Crippen molar-refractivity contribution < 1.29 is 168 Å². The average Bonchev–Trinajstić information content (AvgIpc) is 1.62. The van der Waals surface area contributed by atoms with Crippen molar-refractivity contribution in [2.75, 3.05) is 122 Å². The van der Waals surface area contributed by atoms with Gasteiger partial charge in [0.25, 0.3) is 17.0 Å². The van der Waals surface area contributed by atoms with Crippen molar-refractivity contribution in [3.63, 3.8) is 0 Å². The molecule has 16 rings (SSSR count). The summed E-state index contributed by atoms with van der Waals surface area (Å²) in [6.45, 7) is 5.08. The zero-order valence-electron chi connectivity index (χ0n) is 67.9. The van der Waals surface area contributed by atoms with Gasteiger partial charge in [-0.1, -0.05) is 6.92 Å². The van der Waals surface area contributed by atoms with Gasteiger partial charge in [-0.25, -0.2) is 67.7 Å². The van der Waals surface area contributed by atoms with E-state index < -0.39 is 212 Å². The average molecular weight is 1960 g/mol. The van der Waals surface area contributed by atoms with Crippen molar-refractivity contribution in [3.05, 3.63) is 92.8 Å². The molecular weight excluding hydrogens is 1860 g/mol. The van der Waals surface area contributed by atoms with Crippen LogP contribution in [0.2, 0.25) is 0 Å². The highest BCUT2D eigenvalue weighted by atomic mass is 31.2. The number of aryl methyl sites for hydroxylation is 1. The number of aromatic nitrogens is 16. The number of nitrogen functional groups attached to an aromatic ring is 2. The topological polar surface area (TPSA) is 875 Å². The molecule has 8 aromatic heterocycles. The second-order valence-corrected chi connectivity index (χ2v) is 39.9. The minimum Gasteiger partial charge on any atom is -0.390 e. The van der Waals surface area contributed by atoms with Crippen LogP contribution in [0.1, 0.15) is 60.7 Å². The van der Waals surface area contributed by atoms with Crippen LogP contribution in [0.25, 0.3) is 33.5 Å². The Morgan fingerprint density at radius 3 is 1.46 bits per heavy atom. The number of rotatable bonds is 25. The molecule has 129 heavy (non-hydrogen) atoms. The number of fused-ring (bicyclic) bond motifs is 4. The zero-order valence-corrected chi connectivity index (χ0v) is 73.3. The van der Waals surface area contributed by atoms with Crippen LogP contribution in [0.4, 0.5) is 17.6 Å². The molecule has 0 bridgehead atoms. The first-order chi connectivity index (χ1) is 60.6. The van der Waals surface area contributed by atoms with Crippen molar-refractivity contribution in [3.8, 4) is 0 Å². The molecule has 8 aromatic rings. The van der Waals surface area contributed by atoms with Gasteiger partial charge in [-0.05, 0) is 6.42 Å². The predicted octanol–water partition coefficient (Wildman–Crippen LogP) is -7.05. The first-order valence-corrected chi connectivity index (χ1v) is 49.2. The third-order valence-electron chi connectivity index (χ3n) is 20.2. The lowest BCUT2D eigenvalue weighted by atomic mass is 10.1. The second-order valence-electron chi connectivity index (χ2n) is 29.5. The Labute approximate surface area is 723 Å². The van der Waals surface area contributed by atoms with E-state index in [9.17, 15) is 107 Å². The van der Waals surface area contributed by atoms with Gasteiger partial charge in [-0.2, -0.15) is 4.98 Å². The Morgan fingerprint density at radius 1 is 0.488 bits per heavy atom. The van der Waals surface area contributed by atoms with E-state index in [0.29, 0.717) is 44.0 Å². The summed E-state index contributed by atoms with van der Waals surface area (Å²) in [5.74, 6) is -0.249. The summed E-state index contributed by atoms with van der Waals surface area (Å²) < 4.78 is 146. The van der Waals surface area contributed by atoms with Gasteiger partial charge in [0.05, 0.1) is 96.6 Å². The Morgan fingerprint density at radius 2 is 0.938 bits per heavy atom. The summed E-state index contributed by atoms with van der Waals surface area (Å²) in [6, 6.07) is 1.06. The molecular formula is C62H95N23O38P6. The maximum absolute atomic E-state index is 12.4. The van der Waals surface area contributed by atoms with Crippen LogP contribution in [-0.2, 0) is 94.1 Å². The molecule has 716 valence electrons. The number of hydrogen-bond donors (Lipinski definition) is 22. The molecule has 8 aliphatic rings. The summed E-state index contributed by atoms with van der Waals surface area (Å²) in [5, 5.41) is 87.1. The summed E-state index contributed by atoms with van der Waals surface area (Å²) in [6.07, 6.45) is -13.7. The third kappa shape index (κ3) is 24.5.